The van der Waals surface area contributed by atoms with Crippen molar-refractivity contribution in [2.45, 2.75) is 45.1 Å². The molecule has 162 valence electrons. The first-order chi connectivity index (χ1) is 14.7. The Morgan fingerprint density at radius 1 is 1.06 bits per heavy atom. The second-order valence-electron chi connectivity index (χ2n) is 8.89. The fourth-order valence-corrected chi connectivity index (χ4v) is 3.79. The number of benzene rings is 2. The molecule has 0 aliphatic carbocycles. The van der Waals surface area contributed by atoms with E-state index in [1.165, 1.54) is 11.1 Å². The first-order valence-corrected chi connectivity index (χ1v) is 10.7. The molecule has 2 aromatic carbocycles. The number of nitriles is 1. The maximum absolute atomic E-state index is 12.4. The van der Waals surface area contributed by atoms with Gasteiger partial charge in [0.2, 0.25) is 11.8 Å². The number of hydrogen-bond donors (Lipinski definition) is 2. The SMILES string of the molecule is CC(C)(CCC(=O)NC1(C#N)CCN(c2ccc(-c3ccccc3)cc2)CC1)C(N)=O. The van der Waals surface area contributed by atoms with Crippen LogP contribution in [0.5, 0.6) is 0 Å². The smallest absolute Gasteiger partial charge is 0.223 e. The standard InChI is InChI=1S/C25H30N4O2/c1-24(2,23(27)31)13-12-22(30)28-25(18-26)14-16-29(17-15-25)21-10-8-20(9-11-21)19-6-4-3-5-7-19/h3-11H,12-17H2,1-2H3,(H2,27,31)(H,28,30). The maximum Gasteiger partial charge on any atom is 0.223 e. The number of rotatable bonds is 7. The van der Waals surface area contributed by atoms with E-state index in [2.05, 4.69) is 52.7 Å². The van der Waals surface area contributed by atoms with Crippen LogP contribution in [-0.2, 0) is 9.59 Å². The van der Waals surface area contributed by atoms with Crippen molar-refractivity contribution in [2.75, 3.05) is 18.0 Å². The molecule has 6 heteroatoms. The molecule has 0 unspecified atom stereocenters. The molecule has 1 heterocycles. The van der Waals surface area contributed by atoms with Crippen molar-refractivity contribution in [3.63, 3.8) is 0 Å². The molecule has 3 rings (SSSR count). The van der Waals surface area contributed by atoms with Crippen molar-refractivity contribution in [1.29, 1.82) is 5.26 Å². The molecule has 31 heavy (non-hydrogen) atoms. The monoisotopic (exact) mass is 418 g/mol. The summed E-state index contributed by atoms with van der Waals surface area (Å²) in [6.07, 6.45) is 1.63. The molecule has 0 spiro atoms. The summed E-state index contributed by atoms with van der Waals surface area (Å²) >= 11 is 0. The lowest BCUT2D eigenvalue weighted by molar-refractivity contribution is -0.127. The molecular weight excluding hydrogens is 388 g/mol. The maximum atomic E-state index is 12.4. The molecule has 0 saturated carbocycles. The number of carbonyl (C=O) groups is 2. The Bertz CT molecular complexity index is 953. The first-order valence-electron chi connectivity index (χ1n) is 10.7. The van der Waals surface area contributed by atoms with Crippen molar-refractivity contribution in [1.82, 2.24) is 5.32 Å². The second-order valence-corrected chi connectivity index (χ2v) is 8.89. The van der Waals surface area contributed by atoms with Gasteiger partial charge in [0.25, 0.3) is 0 Å². The van der Waals surface area contributed by atoms with E-state index in [9.17, 15) is 14.9 Å². The zero-order valence-corrected chi connectivity index (χ0v) is 18.2. The summed E-state index contributed by atoms with van der Waals surface area (Å²) in [7, 11) is 0. The Kier molecular flexibility index (Phi) is 6.65. The number of primary amides is 1. The van der Waals surface area contributed by atoms with E-state index in [0.29, 0.717) is 32.4 Å². The van der Waals surface area contributed by atoms with Crippen LogP contribution in [0.4, 0.5) is 5.69 Å². The van der Waals surface area contributed by atoms with Gasteiger partial charge in [-0.05, 0) is 29.7 Å². The van der Waals surface area contributed by atoms with Gasteiger partial charge in [-0.1, -0.05) is 56.3 Å². The highest BCUT2D eigenvalue weighted by Crippen LogP contribution is 2.29. The van der Waals surface area contributed by atoms with E-state index in [4.69, 9.17) is 5.73 Å². The zero-order chi connectivity index (χ0) is 22.5. The molecule has 0 aromatic heterocycles. The van der Waals surface area contributed by atoms with Crippen LogP contribution in [0.25, 0.3) is 11.1 Å². The summed E-state index contributed by atoms with van der Waals surface area (Å²) < 4.78 is 0. The lowest BCUT2D eigenvalue weighted by Crippen LogP contribution is -2.54. The molecule has 0 bridgehead atoms. The highest BCUT2D eigenvalue weighted by molar-refractivity contribution is 5.82. The molecular formula is C25H30N4O2. The van der Waals surface area contributed by atoms with Crippen LogP contribution in [0.3, 0.4) is 0 Å². The minimum atomic E-state index is -0.867. The second kappa shape index (κ2) is 9.22. The predicted molar refractivity (Wildman–Crippen MR) is 122 cm³/mol. The van der Waals surface area contributed by atoms with Gasteiger partial charge in [0.15, 0.2) is 0 Å². The largest absolute Gasteiger partial charge is 0.371 e. The Labute approximate surface area is 184 Å². The summed E-state index contributed by atoms with van der Waals surface area (Å²) in [6, 6.07) is 21.0. The zero-order valence-electron chi connectivity index (χ0n) is 18.2. The van der Waals surface area contributed by atoms with Gasteiger partial charge in [0.1, 0.15) is 5.54 Å². The van der Waals surface area contributed by atoms with Crippen molar-refractivity contribution in [3.8, 4) is 17.2 Å². The van der Waals surface area contributed by atoms with Gasteiger partial charge in [-0.25, -0.2) is 0 Å². The van der Waals surface area contributed by atoms with Gasteiger partial charge < -0.3 is 16.0 Å². The van der Waals surface area contributed by atoms with Gasteiger partial charge in [0.05, 0.1) is 6.07 Å². The van der Waals surface area contributed by atoms with E-state index in [1.54, 1.807) is 13.8 Å². The molecule has 1 aliphatic heterocycles. The topological polar surface area (TPSA) is 99.2 Å². The highest BCUT2D eigenvalue weighted by Gasteiger charge is 2.36. The van der Waals surface area contributed by atoms with E-state index in [0.717, 1.165) is 5.69 Å². The van der Waals surface area contributed by atoms with Gasteiger partial charge in [-0.2, -0.15) is 5.26 Å². The van der Waals surface area contributed by atoms with Gasteiger partial charge in [-0.3, -0.25) is 9.59 Å². The van der Waals surface area contributed by atoms with Crippen LogP contribution in [0.15, 0.2) is 54.6 Å². The fourth-order valence-electron chi connectivity index (χ4n) is 3.79. The molecule has 1 saturated heterocycles. The third kappa shape index (κ3) is 5.43. The molecule has 6 nitrogen and oxygen atoms in total. The number of hydrogen-bond acceptors (Lipinski definition) is 4. The quantitative estimate of drug-likeness (QED) is 0.717. The Morgan fingerprint density at radius 3 is 2.19 bits per heavy atom. The highest BCUT2D eigenvalue weighted by atomic mass is 16.2. The number of piperidine rings is 1. The van der Waals surface area contributed by atoms with Crippen LogP contribution < -0.4 is 16.0 Å². The Hall–Kier alpha value is -3.33. The summed E-state index contributed by atoms with van der Waals surface area (Å²) in [4.78, 5) is 26.1. The van der Waals surface area contributed by atoms with Crippen LogP contribution in [0.2, 0.25) is 0 Å². The number of nitrogens with zero attached hydrogens (tertiary/aromatic N) is 2. The molecule has 1 aliphatic rings. The Morgan fingerprint density at radius 2 is 1.65 bits per heavy atom. The normalized spacial score (nSPS) is 15.7. The summed E-state index contributed by atoms with van der Waals surface area (Å²) in [6.45, 7) is 4.82. The molecule has 0 atom stereocenters. The minimum absolute atomic E-state index is 0.171. The van der Waals surface area contributed by atoms with Crippen LogP contribution >= 0.6 is 0 Å². The van der Waals surface area contributed by atoms with E-state index < -0.39 is 16.9 Å². The first kappa shape index (κ1) is 22.4. The number of nitrogens with two attached hydrogens (primary N) is 1. The number of amides is 2. The van der Waals surface area contributed by atoms with Crippen molar-refractivity contribution < 1.29 is 9.59 Å². The van der Waals surface area contributed by atoms with Crippen molar-refractivity contribution in [3.05, 3.63) is 54.6 Å². The lowest BCUT2D eigenvalue weighted by Gasteiger charge is -2.39. The summed E-state index contributed by atoms with van der Waals surface area (Å²) in [5.41, 5.74) is 7.22. The molecule has 0 radical (unpaired) electrons. The number of nitrogens with one attached hydrogen (secondary N) is 1. The summed E-state index contributed by atoms with van der Waals surface area (Å²) in [5, 5.41) is 12.7. The molecule has 2 amide bonds. The average Bonchev–Trinajstić information content (AvgIpc) is 2.79. The van der Waals surface area contributed by atoms with Crippen molar-refractivity contribution >= 4 is 17.5 Å². The number of carbonyl (C=O) groups excluding carboxylic acids is 2. The molecule has 2 aromatic rings. The fraction of sp³-hybridized carbons (Fsp3) is 0.400. The minimum Gasteiger partial charge on any atom is -0.371 e. The van der Waals surface area contributed by atoms with E-state index in [1.807, 2.05) is 18.2 Å². The Balaban J connectivity index is 1.57. The van der Waals surface area contributed by atoms with E-state index in [-0.39, 0.29) is 12.3 Å². The van der Waals surface area contributed by atoms with Crippen molar-refractivity contribution in [2.24, 2.45) is 11.1 Å². The number of anilines is 1. The van der Waals surface area contributed by atoms with Gasteiger partial charge in [-0.15, -0.1) is 0 Å². The molecule has 3 N–H and O–H groups in total. The lowest BCUT2D eigenvalue weighted by atomic mass is 9.85. The van der Waals surface area contributed by atoms with Gasteiger partial charge in [0, 0.05) is 43.5 Å². The molecule has 1 fully saturated rings. The summed E-state index contributed by atoms with van der Waals surface area (Å²) in [5.74, 6) is -0.640. The van der Waals surface area contributed by atoms with Crippen LogP contribution in [-0.4, -0.2) is 30.4 Å². The van der Waals surface area contributed by atoms with Crippen LogP contribution in [0, 0.1) is 16.7 Å². The third-order valence-electron chi connectivity index (χ3n) is 6.19. The predicted octanol–water partition coefficient (Wildman–Crippen LogP) is 3.62. The third-order valence-corrected chi connectivity index (χ3v) is 6.19. The van der Waals surface area contributed by atoms with Crippen LogP contribution in [0.1, 0.15) is 39.5 Å². The van der Waals surface area contributed by atoms with E-state index >= 15 is 0 Å². The average molecular weight is 419 g/mol. The van der Waals surface area contributed by atoms with Gasteiger partial charge >= 0.3 is 0 Å².